The predicted octanol–water partition coefficient (Wildman–Crippen LogP) is 0.723. The van der Waals surface area contributed by atoms with Gasteiger partial charge in [0.15, 0.2) is 92.8 Å². The Hall–Kier alpha value is -7.24. The Labute approximate surface area is 573 Å². The van der Waals surface area contributed by atoms with Crippen molar-refractivity contribution in [3.05, 3.63) is 50.6 Å². The zero-order chi connectivity index (χ0) is 70.2. The van der Waals surface area contributed by atoms with E-state index in [1.165, 1.54) is 38.0 Å². The molecule has 100 heavy (non-hydrogen) atoms. The van der Waals surface area contributed by atoms with E-state index in [0.29, 0.717) is 106 Å². The summed E-state index contributed by atoms with van der Waals surface area (Å²) in [6.07, 6.45) is 10.3. The van der Waals surface area contributed by atoms with Crippen molar-refractivity contribution in [3.8, 4) is 0 Å². The average Bonchev–Trinajstić information content (AvgIpc) is 1.64. The number of rotatable bonds is 16. The summed E-state index contributed by atoms with van der Waals surface area (Å²) >= 11 is 0. The van der Waals surface area contributed by atoms with E-state index in [2.05, 4.69) is 81.1 Å². The first-order valence-corrected chi connectivity index (χ1v) is 34.9. The van der Waals surface area contributed by atoms with Gasteiger partial charge >= 0.3 is 0 Å². The molecule has 36 heteroatoms. The van der Waals surface area contributed by atoms with Crippen molar-refractivity contribution >= 4 is 67.9 Å². The lowest BCUT2D eigenvalue weighted by atomic mass is 10.1. The third kappa shape index (κ3) is 14.2. The van der Waals surface area contributed by atoms with E-state index >= 15 is 0 Å². The summed E-state index contributed by atoms with van der Waals surface area (Å²) in [4.78, 5) is 51.6. The van der Waals surface area contributed by atoms with E-state index in [1.54, 1.807) is 30.9 Å². The highest BCUT2D eigenvalue weighted by Gasteiger charge is 2.47. The molecule has 16 N–H and O–H groups in total. The van der Waals surface area contributed by atoms with Crippen LogP contribution in [0.2, 0.25) is 0 Å². The summed E-state index contributed by atoms with van der Waals surface area (Å²) < 4.78 is 29.6. The Morgan fingerprint density at radius 3 is 0.820 bits per heavy atom. The fourth-order valence-electron chi connectivity index (χ4n) is 14.9. The van der Waals surface area contributed by atoms with E-state index in [-0.39, 0.29) is 36.4 Å². The van der Waals surface area contributed by atoms with Crippen LogP contribution in [0.1, 0.15) is 155 Å². The van der Waals surface area contributed by atoms with Crippen LogP contribution in [0, 0.1) is 0 Å². The second kappa shape index (κ2) is 30.8. The van der Waals surface area contributed by atoms with Gasteiger partial charge in [-0.05, 0) is 103 Å². The van der Waals surface area contributed by atoms with Gasteiger partial charge in [0.2, 0.25) is 0 Å². The summed E-state index contributed by atoms with van der Waals surface area (Å²) in [6, 6.07) is 0.196. The maximum absolute atomic E-state index is 10.3. The Morgan fingerprint density at radius 1 is 0.330 bits per heavy atom. The maximum Gasteiger partial charge on any atom is 0.167 e. The van der Waals surface area contributed by atoms with Gasteiger partial charge in [0.1, 0.15) is 74.1 Å². The first-order chi connectivity index (χ1) is 48.4. The molecule has 0 amide bonds. The molecule has 0 bridgehead atoms. The van der Waals surface area contributed by atoms with Gasteiger partial charge in [-0.25, -0.2) is 59.8 Å². The largest absolute Gasteiger partial charge is 0.393 e. The lowest BCUT2D eigenvalue weighted by molar-refractivity contribution is -0.0355. The minimum atomic E-state index is -1.05. The van der Waals surface area contributed by atoms with Crippen molar-refractivity contribution in [3.63, 3.8) is 0 Å². The predicted molar refractivity (Wildman–Crippen MR) is 355 cm³/mol. The quantitative estimate of drug-likeness (QED) is 0.0634. The standard InChI is InChI=1S/4C16H23N5O4/c2*1-2-10-12(23)13(24)16(25-10)21-7-19-11-14(17-6-18-15(11)21)20-8-3-4-9(22)5-8;2*1-2-10-12(23)13(24)16(25-10)21-7-19-11-14(17-6-18-15(11)21)20-8-4-3-5-9(8)22/h4*6-10,12-13,16,22-24H,2-5H2,1H3,(H,17,18,20)/t8-,9+,10-,12-,13-,16-;8-,9-,10-,12-,13-,16-;8-,9+,10-,12-,13-,16-;8-,9-,10-,12-,13-,16-/m1111/s1. The second-order valence-electron chi connectivity index (χ2n) is 27.1. The molecule has 4 saturated heterocycles. The summed E-state index contributed by atoms with van der Waals surface area (Å²) in [6.45, 7) is 7.59. The van der Waals surface area contributed by atoms with Gasteiger partial charge in [-0.2, -0.15) is 0 Å². The van der Waals surface area contributed by atoms with Crippen LogP contribution in [0.15, 0.2) is 50.6 Å². The number of anilines is 4. The highest BCUT2D eigenvalue weighted by molar-refractivity contribution is 5.85. The number of nitrogens with zero attached hydrogens (tertiary/aromatic N) is 16. The fourth-order valence-corrected chi connectivity index (χ4v) is 14.9. The number of ether oxygens (including phenoxy) is 4. The fraction of sp³-hybridized carbons (Fsp3) is 0.688. The molecule has 8 aliphatic rings. The second-order valence-corrected chi connectivity index (χ2v) is 27.1. The maximum atomic E-state index is 10.3. The molecule has 12 heterocycles. The molecule has 16 rings (SSSR count). The SMILES string of the molecule is CC[C@H]1O[C@@H](n2cnc3c(N[C@@H]4CCC[C@@H]4O)ncnc32)[C@H](O)[C@@H]1O.CC[C@H]1O[C@@H](n2cnc3c(N[C@@H]4CCC[C@H]4O)ncnc32)[C@H](O)[C@@H]1O.CC[C@H]1O[C@@H](n2cnc3c(N[C@@H]4CC[C@@H](O)C4)ncnc32)[C@H](O)[C@@H]1O.CC[C@H]1O[C@@H](n2cnc3c(N[C@@H]4CC[C@H](O)C4)ncnc32)[C@H](O)[C@@H]1O. The molecule has 4 saturated carbocycles. The first kappa shape index (κ1) is 71.2. The van der Waals surface area contributed by atoms with Gasteiger partial charge < -0.3 is 101 Å². The molecule has 0 unspecified atom stereocenters. The van der Waals surface area contributed by atoms with Crippen LogP contribution in [-0.2, 0) is 18.9 Å². The van der Waals surface area contributed by atoms with Gasteiger partial charge in [-0.1, -0.05) is 27.7 Å². The van der Waals surface area contributed by atoms with Crippen LogP contribution in [0.5, 0.6) is 0 Å². The number of aliphatic hydroxyl groups excluding tert-OH is 12. The Balaban J connectivity index is 0.000000119. The minimum Gasteiger partial charge on any atom is -0.393 e. The smallest absolute Gasteiger partial charge is 0.167 e. The van der Waals surface area contributed by atoms with E-state index in [9.17, 15) is 61.3 Å². The van der Waals surface area contributed by atoms with E-state index in [0.717, 1.165) is 64.2 Å². The lowest BCUT2D eigenvalue weighted by Gasteiger charge is -2.18. The summed E-state index contributed by atoms with van der Waals surface area (Å²) in [5.74, 6) is 2.30. The van der Waals surface area contributed by atoms with Gasteiger partial charge in [-0.15, -0.1) is 0 Å². The van der Waals surface area contributed by atoms with Crippen molar-refractivity contribution in [2.45, 2.75) is 277 Å². The monoisotopic (exact) mass is 1400 g/mol. The van der Waals surface area contributed by atoms with Crippen molar-refractivity contribution < 1.29 is 80.2 Å². The first-order valence-electron chi connectivity index (χ1n) is 34.9. The molecule has 0 aromatic carbocycles. The molecule has 24 atom stereocenters. The number of aromatic nitrogens is 16. The number of imidazole rings is 4. The highest BCUT2D eigenvalue weighted by atomic mass is 16.6. The molecule has 36 nitrogen and oxygen atoms in total. The van der Waals surface area contributed by atoms with Crippen LogP contribution in [-0.4, -0.2) is 261 Å². The van der Waals surface area contributed by atoms with Crippen molar-refractivity contribution in [2.75, 3.05) is 21.3 Å². The van der Waals surface area contributed by atoms with Crippen LogP contribution >= 0.6 is 0 Å². The van der Waals surface area contributed by atoms with Gasteiger partial charge in [-0.3, -0.25) is 18.3 Å². The summed E-state index contributed by atoms with van der Waals surface area (Å²) in [7, 11) is 0. The summed E-state index contributed by atoms with van der Waals surface area (Å²) in [5, 5.41) is 134. The number of hydrogen-bond acceptors (Lipinski definition) is 32. The molecule has 4 aliphatic carbocycles. The zero-order valence-corrected chi connectivity index (χ0v) is 55.9. The van der Waals surface area contributed by atoms with Gasteiger partial charge in [0.05, 0.1) is 86.2 Å². The zero-order valence-electron chi connectivity index (χ0n) is 55.9. The Kier molecular flexibility index (Phi) is 21.9. The van der Waals surface area contributed by atoms with Gasteiger partial charge in [0, 0.05) is 12.1 Å². The molecule has 544 valence electrons. The summed E-state index contributed by atoms with van der Waals surface area (Å²) in [5.41, 5.74) is 4.34. The van der Waals surface area contributed by atoms with Crippen LogP contribution in [0.25, 0.3) is 44.7 Å². The Morgan fingerprint density at radius 2 is 0.600 bits per heavy atom. The molecule has 0 radical (unpaired) electrons. The molecule has 0 spiro atoms. The van der Waals surface area contributed by atoms with Crippen molar-refractivity contribution in [1.82, 2.24) is 78.1 Å². The van der Waals surface area contributed by atoms with E-state index in [1.807, 2.05) is 27.7 Å². The average molecular weight is 1400 g/mol. The highest BCUT2D eigenvalue weighted by Crippen LogP contribution is 2.39. The van der Waals surface area contributed by atoms with Crippen LogP contribution in [0.3, 0.4) is 0 Å². The molecular weight excluding hydrogens is 1300 g/mol. The van der Waals surface area contributed by atoms with Gasteiger partial charge in [0.25, 0.3) is 0 Å². The molecule has 8 aromatic rings. The van der Waals surface area contributed by atoms with Crippen LogP contribution < -0.4 is 21.3 Å². The lowest BCUT2D eigenvalue weighted by Crippen LogP contribution is -2.31. The third-order valence-electron chi connectivity index (χ3n) is 20.6. The number of nitrogens with one attached hydrogen (secondary N) is 4. The topological polar surface area (TPSA) is 502 Å². The van der Waals surface area contributed by atoms with Crippen molar-refractivity contribution in [1.29, 1.82) is 0 Å². The molecule has 8 aromatic heterocycles. The van der Waals surface area contributed by atoms with Crippen LogP contribution in [0.4, 0.5) is 23.3 Å². The van der Waals surface area contributed by atoms with E-state index in [4.69, 9.17) is 18.9 Å². The molecular formula is C64H92N20O16. The van der Waals surface area contributed by atoms with E-state index < -0.39 is 110 Å². The Bertz CT molecular complexity index is 3770. The molecule has 8 fully saturated rings. The van der Waals surface area contributed by atoms with Crippen molar-refractivity contribution in [2.24, 2.45) is 0 Å². The third-order valence-corrected chi connectivity index (χ3v) is 20.6. The minimum absolute atomic E-state index is 0.0529. The molecule has 4 aliphatic heterocycles. The number of aliphatic hydroxyl groups is 12. The number of hydrogen-bond donors (Lipinski definition) is 16. The number of fused-ring (bicyclic) bond motifs is 4. The normalized spacial score (nSPS) is 35.5.